The molecule has 1 aliphatic heterocycles. The van der Waals surface area contributed by atoms with Gasteiger partial charge in [-0.1, -0.05) is 30.3 Å². The Labute approximate surface area is 165 Å². The van der Waals surface area contributed by atoms with Gasteiger partial charge < -0.3 is 9.80 Å². The van der Waals surface area contributed by atoms with Gasteiger partial charge in [0.15, 0.2) is 0 Å². The van der Waals surface area contributed by atoms with Crippen LogP contribution in [0, 0.1) is 17.1 Å². The number of hydrogen-bond donors (Lipinski definition) is 0. The number of anilines is 2. The predicted molar refractivity (Wildman–Crippen MR) is 109 cm³/mol. The molecule has 1 heterocycles. The molecule has 3 rings (SSSR count). The van der Waals surface area contributed by atoms with E-state index in [1.807, 2.05) is 48.2 Å². The highest BCUT2D eigenvalue weighted by molar-refractivity contribution is 5.97. The molecule has 1 atom stereocenters. The Kier molecular flexibility index (Phi) is 6.62. The van der Waals surface area contributed by atoms with Crippen LogP contribution in [0.2, 0.25) is 0 Å². The topological polar surface area (TPSA) is 50.6 Å². The van der Waals surface area contributed by atoms with Crippen LogP contribution in [0.5, 0.6) is 0 Å². The molecule has 1 aliphatic rings. The summed E-state index contributed by atoms with van der Waals surface area (Å²) in [6.07, 6.45) is 0.286. The van der Waals surface area contributed by atoms with E-state index >= 15 is 0 Å². The Balaban J connectivity index is 1.66. The number of halogens is 1. The van der Waals surface area contributed by atoms with Crippen LogP contribution in [0.1, 0.15) is 13.3 Å². The summed E-state index contributed by atoms with van der Waals surface area (Å²) >= 11 is 0. The minimum atomic E-state index is -0.304. The molecular weight excluding hydrogens is 355 g/mol. The van der Waals surface area contributed by atoms with Gasteiger partial charge in [0.25, 0.3) is 0 Å². The number of para-hydroxylation sites is 2. The van der Waals surface area contributed by atoms with Crippen LogP contribution in [-0.2, 0) is 4.79 Å². The van der Waals surface area contributed by atoms with Crippen molar-refractivity contribution in [3.8, 4) is 6.07 Å². The van der Waals surface area contributed by atoms with E-state index in [0.29, 0.717) is 38.4 Å². The second-order valence-electron chi connectivity index (χ2n) is 6.88. The molecular formula is C22H25FN4O. The van der Waals surface area contributed by atoms with Crippen molar-refractivity contribution in [3.63, 3.8) is 0 Å². The van der Waals surface area contributed by atoms with Gasteiger partial charge in [-0.15, -0.1) is 0 Å². The Bertz CT molecular complexity index is 828. The first-order valence-corrected chi connectivity index (χ1v) is 9.58. The van der Waals surface area contributed by atoms with Crippen molar-refractivity contribution in [2.24, 2.45) is 0 Å². The first-order chi connectivity index (χ1) is 13.6. The lowest BCUT2D eigenvalue weighted by Crippen LogP contribution is -2.55. The summed E-state index contributed by atoms with van der Waals surface area (Å²) in [7, 11) is 0. The lowest BCUT2D eigenvalue weighted by Gasteiger charge is -2.39. The van der Waals surface area contributed by atoms with Crippen LogP contribution in [0.15, 0.2) is 54.6 Å². The third-order valence-electron chi connectivity index (χ3n) is 5.19. The summed E-state index contributed by atoms with van der Waals surface area (Å²) in [6.45, 7) is 4.98. The molecule has 0 aromatic heterocycles. The van der Waals surface area contributed by atoms with Crippen molar-refractivity contribution in [2.45, 2.75) is 19.4 Å². The summed E-state index contributed by atoms with van der Waals surface area (Å²) in [5, 5.41) is 8.96. The molecule has 0 bridgehead atoms. The molecule has 2 aromatic rings. The lowest BCUT2D eigenvalue weighted by molar-refractivity contribution is -0.123. The highest BCUT2D eigenvalue weighted by Crippen LogP contribution is 2.22. The number of carbonyl (C=O) groups is 1. The number of benzene rings is 2. The van der Waals surface area contributed by atoms with Crippen LogP contribution in [-0.4, -0.2) is 49.6 Å². The normalized spacial score (nSPS) is 15.7. The number of rotatable bonds is 6. The van der Waals surface area contributed by atoms with Crippen LogP contribution in [0.4, 0.5) is 15.8 Å². The maximum Gasteiger partial charge on any atom is 0.244 e. The summed E-state index contributed by atoms with van der Waals surface area (Å²) in [6, 6.07) is 18.1. The maximum absolute atomic E-state index is 14.0. The zero-order valence-electron chi connectivity index (χ0n) is 16.1. The molecule has 1 amide bonds. The lowest BCUT2D eigenvalue weighted by atomic mass is 10.1. The van der Waals surface area contributed by atoms with Gasteiger partial charge in [0.05, 0.1) is 24.2 Å². The smallest absolute Gasteiger partial charge is 0.244 e. The number of carbonyl (C=O) groups excluding carboxylic acids is 1. The second-order valence-corrected chi connectivity index (χ2v) is 6.88. The van der Waals surface area contributed by atoms with Crippen molar-refractivity contribution in [1.82, 2.24) is 4.90 Å². The van der Waals surface area contributed by atoms with Crippen LogP contribution >= 0.6 is 0 Å². The molecule has 6 heteroatoms. The minimum Gasteiger partial charge on any atom is -0.367 e. The molecule has 0 radical (unpaired) electrons. The van der Waals surface area contributed by atoms with Crippen LogP contribution in [0.3, 0.4) is 0 Å². The first-order valence-electron chi connectivity index (χ1n) is 9.58. The van der Waals surface area contributed by atoms with Crippen molar-refractivity contribution < 1.29 is 9.18 Å². The molecule has 28 heavy (non-hydrogen) atoms. The van der Waals surface area contributed by atoms with E-state index in [4.69, 9.17) is 5.26 Å². The summed E-state index contributed by atoms with van der Waals surface area (Å²) < 4.78 is 14.0. The molecule has 0 N–H and O–H groups in total. The van der Waals surface area contributed by atoms with E-state index in [-0.39, 0.29) is 24.2 Å². The van der Waals surface area contributed by atoms with E-state index in [1.165, 1.54) is 6.07 Å². The van der Waals surface area contributed by atoms with Crippen LogP contribution in [0.25, 0.3) is 0 Å². The molecule has 146 valence electrons. The van der Waals surface area contributed by atoms with Gasteiger partial charge in [-0.25, -0.2) is 4.39 Å². The van der Waals surface area contributed by atoms with E-state index in [9.17, 15) is 9.18 Å². The molecule has 0 spiro atoms. The largest absolute Gasteiger partial charge is 0.367 e. The van der Waals surface area contributed by atoms with Gasteiger partial charge >= 0.3 is 0 Å². The number of nitriles is 1. The number of nitrogens with zero attached hydrogens (tertiary/aromatic N) is 4. The molecule has 1 fully saturated rings. The fourth-order valence-electron chi connectivity index (χ4n) is 3.58. The molecule has 0 saturated carbocycles. The monoisotopic (exact) mass is 380 g/mol. The minimum absolute atomic E-state index is 0.0132. The Morgan fingerprint density at radius 2 is 1.75 bits per heavy atom. The SMILES string of the molecule is CC(C(=O)N(CCC#N)c1ccccc1)N1CCN(c2ccccc2F)CC1. The highest BCUT2D eigenvalue weighted by atomic mass is 19.1. The maximum atomic E-state index is 14.0. The van der Waals surface area contributed by atoms with Crippen LogP contribution < -0.4 is 9.80 Å². The quantitative estimate of drug-likeness (QED) is 0.772. The second kappa shape index (κ2) is 9.34. The van der Waals surface area contributed by atoms with Crippen molar-refractivity contribution in [3.05, 3.63) is 60.4 Å². The first kappa shape index (κ1) is 19.8. The van der Waals surface area contributed by atoms with E-state index in [1.54, 1.807) is 17.0 Å². The Hall–Kier alpha value is -2.91. The summed E-state index contributed by atoms with van der Waals surface area (Å²) in [5.74, 6) is -0.229. The zero-order chi connectivity index (χ0) is 19.9. The van der Waals surface area contributed by atoms with Crippen molar-refractivity contribution in [1.29, 1.82) is 5.26 Å². The standard InChI is InChI=1S/C22H25FN4O/c1-18(22(28)27(13-7-12-24)19-8-3-2-4-9-19)25-14-16-26(17-15-25)21-11-6-5-10-20(21)23/h2-6,8-11,18H,7,13-17H2,1H3. The van der Waals surface area contributed by atoms with Gasteiger partial charge in [0, 0.05) is 38.4 Å². The highest BCUT2D eigenvalue weighted by Gasteiger charge is 2.29. The predicted octanol–water partition coefficient (Wildman–Crippen LogP) is 3.28. The van der Waals surface area contributed by atoms with E-state index in [2.05, 4.69) is 11.0 Å². The molecule has 1 saturated heterocycles. The number of amides is 1. The Morgan fingerprint density at radius 3 is 2.39 bits per heavy atom. The average Bonchev–Trinajstić information content (AvgIpc) is 2.74. The van der Waals surface area contributed by atoms with E-state index < -0.39 is 0 Å². The summed E-state index contributed by atoms with van der Waals surface area (Å²) in [4.78, 5) is 19.0. The van der Waals surface area contributed by atoms with Crippen molar-refractivity contribution >= 4 is 17.3 Å². The van der Waals surface area contributed by atoms with Crippen molar-refractivity contribution in [2.75, 3.05) is 42.5 Å². The third kappa shape index (κ3) is 4.49. The zero-order valence-corrected chi connectivity index (χ0v) is 16.1. The Morgan fingerprint density at radius 1 is 1.11 bits per heavy atom. The van der Waals surface area contributed by atoms with Gasteiger partial charge in [-0.2, -0.15) is 5.26 Å². The third-order valence-corrected chi connectivity index (χ3v) is 5.19. The average molecular weight is 380 g/mol. The van der Waals surface area contributed by atoms with Gasteiger partial charge in [-0.3, -0.25) is 9.69 Å². The summed E-state index contributed by atoms with van der Waals surface area (Å²) in [5.41, 5.74) is 1.42. The number of hydrogen-bond acceptors (Lipinski definition) is 4. The molecule has 2 aromatic carbocycles. The molecule has 1 unspecified atom stereocenters. The number of piperazine rings is 1. The molecule has 0 aliphatic carbocycles. The van der Waals surface area contributed by atoms with Gasteiger partial charge in [0.2, 0.25) is 5.91 Å². The van der Waals surface area contributed by atoms with Gasteiger partial charge in [0.1, 0.15) is 5.82 Å². The van der Waals surface area contributed by atoms with Gasteiger partial charge in [-0.05, 0) is 31.2 Å². The van der Waals surface area contributed by atoms with E-state index in [0.717, 1.165) is 5.69 Å². The fraction of sp³-hybridized carbons (Fsp3) is 0.364. The molecule has 5 nitrogen and oxygen atoms in total. The fourth-order valence-corrected chi connectivity index (χ4v) is 3.58.